The summed E-state index contributed by atoms with van der Waals surface area (Å²) in [7, 11) is -5.15. The van der Waals surface area contributed by atoms with E-state index in [1.807, 2.05) is 0 Å². The highest BCUT2D eigenvalue weighted by atomic mass is 31.2. The lowest BCUT2D eigenvalue weighted by Gasteiger charge is -2.41. The summed E-state index contributed by atoms with van der Waals surface area (Å²) in [6, 6.07) is -1.26. The van der Waals surface area contributed by atoms with Gasteiger partial charge < -0.3 is 46.0 Å². The van der Waals surface area contributed by atoms with E-state index in [-0.39, 0.29) is 6.42 Å². The van der Waals surface area contributed by atoms with Crippen molar-refractivity contribution in [1.29, 1.82) is 0 Å². The number of nitrogens with one attached hydrogen (secondary N) is 1. The van der Waals surface area contributed by atoms with Crippen LogP contribution in [-0.2, 0) is 18.4 Å². The molecule has 1 aliphatic carbocycles. The molecule has 0 aromatic carbocycles. The van der Waals surface area contributed by atoms with E-state index < -0.39 is 75.2 Å². The zero-order valence-electron chi connectivity index (χ0n) is 38.5. The molecule has 1 fully saturated rings. The molecule has 0 aromatic heterocycles. The Kier molecular flexibility index (Phi) is 35.6. The zero-order valence-corrected chi connectivity index (χ0v) is 39.4. The molecule has 9 N–H and O–H groups in total. The number of carbonyl (C=O) groups excluding carboxylic acids is 1. The molecule has 0 radical (unpaired) electrons. The highest BCUT2D eigenvalue weighted by Gasteiger charge is 2.51. The second-order valence-corrected chi connectivity index (χ2v) is 18.9. The maximum absolute atomic E-state index is 13.0. The second kappa shape index (κ2) is 37.7. The van der Waals surface area contributed by atoms with E-state index in [4.69, 9.17) is 9.05 Å². The Morgan fingerprint density at radius 2 is 0.952 bits per heavy atom. The molecule has 1 amide bonds. The summed E-state index contributed by atoms with van der Waals surface area (Å²) in [5.41, 5.74) is 0. The van der Waals surface area contributed by atoms with Crippen molar-refractivity contribution in [3.63, 3.8) is 0 Å². The third-order valence-corrected chi connectivity index (χ3v) is 12.7. The van der Waals surface area contributed by atoms with Gasteiger partial charge in [0.1, 0.15) is 36.6 Å². The topological polar surface area (TPSA) is 226 Å². The first-order valence-corrected chi connectivity index (χ1v) is 26.0. The molecule has 8 atom stereocenters. The number of carbonyl (C=O) groups is 1. The maximum atomic E-state index is 13.0. The van der Waals surface area contributed by atoms with Gasteiger partial charge in [0.25, 0.3) is 0 Å². The van der Waals surface area contributed by atoms with E-state index in [2.05, 4.69) is 43.5 Å². The van der Waals surface area contributed by atoms with Crippen LogP contribution in [0.2, 0.25) is 0 Å². The summed E-state index contributed by atoms with van der Waals surface area (Å²) in [5.74, 6) is -0.606. The van der Waals surface area contributed by atoms with Gasteiger partial charge in [-0.2, -0.15) is 0 Å². The van der Waals surface area contributed by atoms with Gasteiger partial charge in [-0.3, -0.25) is 13.8 Å². The lowest BCUT2D eigenvalue weighted by atomic mass is 9.85. The van der Waals surface area contributed by atoms with Gasteiger partial charge in [-0.1, -0.05) is 185 Å². The molecule has 1 rings (SSSR count). The number of allylic oxidation sites excluding steroid dienone is 5. The van der Waals surface area contributed by atoms with Gasteiger partial charge in [-0.05, 0) is 44.9 Å². The van der Waals surface area contributed by atoms with Crippen molar-refractivity contribution in [3.8, 4) is 0 Å². The van der Waals surface area contributed by atoms with Crippen LogP contribution < -0.4 is 5.32 Å². The smallest absolute Gasteiger partial charge is 0.393 e. The molecule has 364 valence electrons. The fourth-order valence-corrected chi connectivity index (χ4v) is 8.65. The van der Waals surface area contributed by atoms with E-state index in [0.29, 0.717) is 19.3 Å². The van der Waals surface area contributed by atoms with Crippen molar-refractivity contribution in [1.82, 2.24) is 5.32 Å². The van der Waals surface area contributed by atoms with E-state index >= 15 is 0 Å². The van der Waals surface area contributed by atoms with E-state index in [1.54, 1.807) is 6.08 Å². The van der Waals surface area contributed by atoms with Crippen LogP contribution in [0, 0.1) is 0 Å². The molecule has 0 bridgehead atoms. The van der Waals surface area contributed by atoms with E-state index in [1.165, 1.54) is 122 Å². The van der Waals surface area contributed by atoms with E-state index in [0.717, 1.165) is 44.9 Å². The number of unbranched alkanes of at least 4 members (excludes halogenated alkanes) is 23. The van der Waals surface area contributed by atoms with Crippen LogP contribution in [0.1, 0.15) is 200 Å². The normalized spacial score (nSPS) is 23.3. The van der Waals surface area contributed by atoms with Crippen molar-refractivity contribution >= 4 is 13.7 Å². The summed E-state index contributed by atoms with van der Waals surface area (Å²) in [6.45, 7) is 3.72. The largest absolute Gasteiger partial charge is 0.472 e. The summed E-state index contributed by atoms with van der Waals surface area (Å²) < 4.78 is 22.9. The Balaban J connectivity index is 2.55. The van der Waals surface area contributed by atoms with Crippen LogP contribution >= 0.6 is 7.82 Å². The predicted octanol–water partition coefficient (Wildman–Crippen LogP) is 8.53. The molecular weight excluding hydrogens is 813 g/mol. The Morgan fingerprint density at radius 3 is 1.42 bits per heavy atom. The van der Waals surface area contributed by atoms with Crippen LogP contribution in [0.5, 0.6) is 0 Å². The van der Waals surface area contributed by atoms with Gasteiger partial charge in [-0.25, -0.2) is 4.57 Å². The fourth-order valence-electron chi connectivity index (χ4n) is 7.68. The molecular formula is C48H90NO12P. The number of aliphatic hydroxyl groups excluding tert-OH is 7. The number of rotatable bonds is 40. The molecule has 0 spiro atoms. The third kappa shape index (κ3) is 29.1. The molecule has 0 heterocycles. The summed E-state index contributed by atoms with van der Waals surface area (Å²) in [4.78, 5) is 23.5. The molecule has 14 heteroatoms. The highest BCUT2D eigenvalue weighted by Crippen LogP contribution is 2.47. The minimum Gasteiger partial charge on any atom is -0.393 e. The first-order valence-electron chi connectivity index (χ1n) is 24.5. The Hall–Kier alpha value is -1.48. The molecule has 1 saturated carbocycles. The minimum absolute atomic E-state index is 0.253. The molecule has 13 nitrogen and oxygen atoms in total. The van der Waals surface area contributed by atoms with Crippen LogP contribution in [0.25, 0.3) is 0 Å². The minimum atomic E-state index is -5.15. The van der Waals surface area contributed by atoms with Crippen molar-refractivity contribution in [3.05, 3.63) is 36.5 Å². The first kappa shape index (κ1) is 58.5. The van der Waals surface area contributed by atoms with Crippen molar-refractivity contribution in [2.75, 3.05) is 6.61 Å². The molecule has 0 aliphatic heterocycles. The number of amides is 1. The van der Waals surface area contributed by atoms with Gasteiger partial charge in [-0.15, -0.1) is 0 Å². The number of hydrogen-bond acceptors (Lipinski definition) is 11. The number of phosphoric acid groups is 1. The Morgan fingerprint density at radius 1 is 0.565 bits per heavy atom. The van der Waals surface area contributed by atoms with Crippen molar-refractivity contribution < 1.29 is 59.0 Å². The maximum Gasteiger partial charge on any atom is 0.472 e. The number of hydrogen-bond donors (Lipinski definition) is 9. The van der Waals surface area contributed by atoms with Gasteiger partial charge in [0.15, 0.2) is 0 Å². The third-order valence-electron chi connectivity index (χ3n) is 11.7. The van der Waals surface area contributed by atoms with Crippen LogP contribution in [0.3, 0.4) is 0 Å². The van der Waals surface area contributed by atoms with Crippen molar-refractivity contribution in [2.24, 2.45) is 0 Å². The summed E-state index contributed by atoms with van der Waals surface area (Å²) >= 11 is 0. The Bertz CT molecular complexity index is 1200. The predicted molar refractivity (Wildman–Crippen MR) is 247 cm³/mol. The van der Waals surface area contributed by atoms with Crippen LogP contribution in [0.15, 0.2) is 36.5 Å². The monoisotopic (exact) mass is 904 g/mol. The van der Waals surface area contributed by atoms with Gasteiger partial charge >= 0.3 is 7.82 Å². The van der Waals surface area contributed by atoms with Crippen LogP contribution in [0.4, 0.5) is 0 Å². The lowest BCUT2D eigenvalue weighted by molar-refractivity contribution is -0.220. The number of phosphoric ester groups is 1. The highest BCUT2D eigenvalue weighted by molar-refractivity contribution is 7.47. The lowest BCUT2D eigenvalue weighted by Crippen LogP contribution is -2.64. The Labute approximate surface area is 375 Å². The molecule has 0 aromatic rings. The van der Waals surface area contributed by atoms with Gasteiger partial charge in [0.2, 0.25) is 5.91 Å². The molecule has 1 aliphatic rings. The first-order chi connectivity index (χ1) is 29.8. The quantitative estimate of drug-likeness (QED) is 0.0160. The van der Waals surface area contributed by atoms with E-state index in [9.17, 15) is 50.0 Å². The van der Waals surface area contributed by atoms with Gasteiger partial charge in [0.05, 0.1) is 31.3 Å². The van der Waals surface area contributed by atoms with Crippen molar-refractivity contribution in [2.45, 2.75) is 255 Å². The second-order valence-electron chi connectivity index (χ2n) is 17.5. The standard InChI is InChI=1S/C48H90NO12P/c1-3-5-7-9-11-13-15-17-19-21-23-25-27-29-31-33-35-39(50)37-42(52)49-40(38-60-62(58,59)61-48-46(56)44(54)43(53)45(55)47(48)57)41(51)36-34-32-30-28-26-24-22-20-18-16-14-12-10-8-6-4-2/h18,20,26,28,34,36,39-41,43-48,50-51,53-57H,3-17,19,21-25,27,29-33,35,37-38H2,1-2H3,(H,49,52)(H,58,59)/b20-18+,28-26+,36-34+. The summed E-state index contributed by atoms with van der Waals surface area (Å²) in [5, 5.41) is 74.5. The number of aliphatic hydroxyl groups is 7. The SMILES string of the molecule is CCCCCCCC/C=C/CC/C=C/CC/C=C/C(O)C(COP(=O)(O)OC1C(O)C(O)C(O)C(O)C1O)NC(=O)CC(O)CCCCCCCCCCCCCCCCCC. The average Bonchev–Trinajstić information content (AvgIpc) is 3.24. The molecule has 62 heavy (non-hydrogen) atoms. The summed E-state index contributed by atoms with van der Waals surface area (Å²) in [6.07, 6.45) is 29.4. The zero-order chi connectivity index (χ0) is 45.9. The molecule has 0 saturated heterocycles. The average molecular weight is 904 g/mol. The fraction of sp³-hybridized carbons (Fsp3) is 0.854. The van der Waals surface area contributed by atoms with Crippen LogP contribution in [-0.4, -0.2) is 108 Å². The van der Waals surface area contributed by atoms with Gasteiger partial charge in [0, 0.05) is 0 Å². The molecule has 8 unspecified atom stereocenters.